The number of aliphatic hydroxyl groups is 1. The lowest BCUT2D eigenvalue weighted by Gasteiger charge is -2.34. The molecule has 0 radical (unpaired) electrons. The van der Waals surface area contributed by atoms with Crippen LogP contribution in [-0.2, 0) is 11.2 Å². The Morgan fingerprint density at radius 2 is 2.10 bits per heavy atom. The summed E-state index contributed by atoms with van der Waals surface area (Å²) >= 11 is 0. The van der Waals surface area contributed by atoms with Crippen molar-refractivity contribution >= 4 is 5.91 Å². The van der Waals surface area contributed by atoms with Gasteiger partial charge >= 0.3 is 0 Å². The van der Waals surface area contributed by atoms with E-state index in [-0.39, 0.29) is 12.0 Å². The minimum Gasteiger partial charge on any atom is -0.494 e. The molecule has 0 bridgehead atoms. The summed E-state index contributed by atoms with van der Waals surface area (Å²) in [5.41, 5.74) is 1.08. The van der Waals surface area contributed by atoms with E-state index >= 15 is 0 Å². The Bertz CT molecular complexity index is 469. The van der Waals surface area contributed by atoms with Gasteiger partial charge in [0.1, 0.15) is 5.75 Å². The molecule has 0 spiro atoms. The zero-order valence-electron chi connectivity index (χ0n) is 12.9. The molecule has 0 heterocycles. The molecule has 0 aliphatic heterocycles. The van der Waals surface area contributed by atoms with E-state index in [1.54, 1.807) is 4.90 Å². The quantitative estimate of drug-likeness (QED) is 0.838. The number of nitrogens with zero attached hydrogens (tertiary/aromatic N) is 1. The van der Waals surface area contributed by atoms with Crippen LogP contribution in [0.5, 0.6) is 5.75 Å². The van der Waals surface area contributed by atoms with Gasteiger partial charge in [-0.05, 0) is 43.7 Å². The predicted octanol–water partition coefficient (Wildman–Crippen LogP) is 2.25. The molecule has 4 nitrogen and oxygen atoms in total. The molecule has 1 saturated carbocycles. The summed E-state index contributed by atoms with van der Waals surface area (Å²) in [6, 6.07) is 7.88. The molecule has 0 saturated heterocycles. The Hall–Kier alpha value is -1.55. The molecule has 1 aromatic carbocycles. The van der Waals surface area contributed by atoms with Crippen LogP contribution < -0.4 is 4.74 Å². The number of carbonyl (C=O) groups is 1. The first-order valence-electron chi connectivity index (χ1n) is 7.72. The lowest BCUT2D eigenvalue weighted by molar-refractivity contribution is -0.131. The minimum absolute atomic E-state index is 0.155. The highest BCUT2D eigenvalue weighted by atomic mass is 16.5. The van der Waals surface area contributed by atoms with E-state index in [9.17, 15) is 9.90 Å². The van der Waals surface area contributed by atoms with Gasteiger partial charge < -0.3 is 14.7 Å². The van der Waals surface area contributed by atoms with Crippen molar-refractivity contribution in [2.45, 2.75) is 38.7 Å². The number of benzene rings is 1. The molecule has 1 aromatic rings. The van der Waals surface area contributed by atoms with Gasteiger partial charge in [-0.25, -0.2) is 0 Å². The Morgan fingerprint density at radius 1 is 1.38 bits per heavy atom. The largest absolute Gasteiger partial charge is 0.494 e. The molecule has 0 atom stereocenters. The number of amides is 1. The second-order valence-corrected chi connectivity index (χ2v) is 5.81. The van der Waals surface area contributed by atoms with Crippen molar-refractivity contribution in [2.75, 3.05) is 20.2 Å². The van der Waals surface area contributed by atoms with Gasteiger partial charge in [-0.15, -0.1) is 0 Å². The van der Waals surface area contributed by atoms with Crippen LogP contribution in [0.25, 0.3) is 0 Å². The van der Waals surface area contributed by atoms with Crippen LogP contribution in [0.15, 0.2) is 24.3 Å². The number of carbonyl (C=O) groups excluding carboxylic acids is 1. The molecular weight excluding hydrogens is 266 g/mol. The fraction of sp³-hybridized carbons (Fsp3) is 0.588. The van der Waals surface area contributed by atoms with Crippen molar-refractivity contribution in [1.82, 2.24) is 4.90 Å². The average Bonchev–Trinajstić information content (AvgIpc) is 2.44. The van der Waals surface area contributed by atoms with Crippen molar-refractivity contribution in [3.8, 4) is 5.75 Å². The molecule has 1 amide bonds. The van der Waals surface area contributed by atoms with Crippen molar-refractivity contribution < 1.29 is 14.6 Å². The summed E-state index contributed by atoms with van der Waals surface area (Å²) < 4.78 is 5.58. The molecule has 0 unspecified atom stereocenters. The van der Waals surface area contributed by atoms with Gasteiger partial charge in [-0.2, -0.15) is 0 Å². The van der Waals surface area contributed by atoms with Crippen molar-refractivity contribution in [1.29, 1.82) is 0 Å². The van der Waals surface area contributed by atoms with Crippen molar-refractivity contribution in [3.63, 3.8) is 0 Å². The van der Waals surface area contributed by atoms with Crippen LogP contribution in [0.4, 0.5) is 0 Å². The van der Waals surface area contributed by atoms with Gasteiger partial charge in [-0.1, -0.05) is 18.2 Å². The number of ether oxygens (including phenoxy) is 1. The molecule has 2 rings (SSSR count). The topological polar surface area (TPSA) is 49.8 Å². The van der Waals surface area contributed by atoms with Crippen LogP contribution in [0.2, 0.25) is 0 Å². The van der Waals surface area contributed by atoms with Crippen molar-refractivity contribution in [3.05, 3.63) is 29.8 Å². The number of hydrogen-bond donors (Lipinski definition) is 1. The Morgan fingerprint density at radius 3 is 2.76 bits per heavy atom. The highest BCUT2D eigenvalue weighted by Gasteiger charge is 2.28. The van der Waals surface area contributed by atoms with Crippen LogP contribution >= 0.6 is 0 Å². The van der Waals surface area contributed by atoms with Crippen molar-refractivity contribution in [2.24, 2.45) is 5.92 Å². The van der Waals surface area contributed by atoms with E-state index < -0.39 is 0 Å². The predicted molar refractivity (Wildman–Crippen MR) is 82.3 cm³/mol. The van der Waals surface area contributed by atoms with E-state index in [0.717, 1.165) is 30.7 Å². The molecular formula is C17H25NO3. The third-order valence-electron chi connectivity index (χ3n) is 4.05. The summed E-state index contributed by atoms with van der Waals surface area (Å²) in [7, 11) is 1.85. The first-order chi connectivity index (χ1) is 10.1. The van der Waals surface area contributed by atoms with E-state index in [2.05, 4.69) is 0 Å². The molecule has 1 aliphatic rings. The molecule has 1 aliphatic carbocycles. The van der Waals surface area contributed by atoms with Crippen LogP contribution in [0.3, 0.4) is 0 Å². The summed E-state index contributed by atoms with van der Waals surface area (Å²) in [5.74, 6) is 1.49. The second kappa shape index (κ2) is 7.46. The summed E-state index contributed by atoms with van der Waals surface area (Å²) in [6.45, 7) is 3.35. The van der Waals surface area contributed by atoms with E-state index in [1.165, 1.54) is 0 Å². The third kappa shape index (κ3) is 4.46. The Labute approximate surface area is 126 Å². The maximum absolute atomic E-state index is 12.2. The fourth-order valence-electron chi connectivity index (χ4n) is 2.78. The molecule has 0 aromatic heterocycles. The van der Waals surface area contributed by atoms with E-state index in [1.807, 2.05) is 38.2 Å². The van der Waals surface area contributed by atoms with Crippen LogP contribution in [0, 0.1) is 5.92 Å². The number of aryl methyl sites for hydroxylation is 1. The van der Waals surface area contributed by atoms with Gasteiger partial charge in [0.25, 0.3) is 0 Å². The van der Waals surface area contributed by atoms with Gasteiger partial charge in [0.15, 0.2) is 0 Å². The van der Waals surface area contributed by atoms with Crippen LogP contribution in [-0.4, -0.2) is 42.2 Å². The molecule has 21 heavy (non-hydrogen) atoms. The van der Waals surface area contributed by atoms with Crippen LogP contribution in [0.1, 0.15) is 31.7 Å². The van der Waals surface area contributed by atoms with Gasteiger partial charge in [-0.3, -0.25) is 4.79 Å². The molecule has 1 fully saturated rings. The third-order valence-corrected chi connectivity index (χ3v) is 4.05. The number of rotatable bonds is 7. The average molecular weight is 291 g/mol. The SMILES string of the molecule is CCOc1ccccc1CCC(=O)N(C)CC1CC(O)C1. The first-order valence-corrected chi connectivity index (χ1v) is 7.72. The zero-order chi connectivity index (χ0) is 15.2. The number of hydrogen-bond acceptors (Lipinski definition) is 3. The summed E-state index contributed by atoms with van der Waals surface area (Å²) in [4.78, 5) is 14.0. The highest BCUT2D eigenvalue weighted by molar-refractivity contribution is 5.76. The second-order valence-electron chi connectivity index (χ2n) is 5.81. The Kier molecular flexibility index (Phi) is 5.62. The molecule has 116 valence electrons. The lowest BCUT2D eigenvalue weighted by Crippen LogP contribution is -2.39. The molecule has 4 heteroatoms. The highest BCUT2D eigenvalue weighted by Crippen LogP contribution is 2.27. The molecule has 1 N–H and O–H groups in total. The summed E-state index contributed by atoms with van der Waals surface area (Å²) in [5, 5.41) is 9.29. The normalized spacial score (nSPS) is 20.7. The van der Waals surface area contributed by atoms with E-state index in [4.69, 9.17) is 4.74 Å². The standard InChI is InChI=1S/C17H25NO3/c1-3-21-16-7-5-4-6-14(16)8-9-17(20)18(2)12-13-10-15(19)11-13/h4-7,13,15,19H,3,8-12H2,1-2H3. The summed E-state index contributed by atoms with van der Waals surface area (Å²) in [6.07, 6.45) is 2.69. The Balaban J connectivity index is 1.80. The van der Waals surface area contributed by atoms with Gasteiger partial charge in [0, 0.05) is 20.0 Å². The van der Waals surface area contributed by atoms with Gasteiger partial charge in [0.2, 0.25) is 5.91 Å². The van der Waals surface area contributed by atoms with E-state index in [0.29, 0.717) is 25.4 Å². The number of para-hydroxylation sites is 1. The zero-order valence-corrected chi connectivity index (χ0v) is 12.9. The lowest BCUT2D eigenvalue weighted by atomic mass is 9.82. The fourth-order valence-corrected chi connectivity index (χ4v) is 2.78. The smallest absolute Gasteiger partial charge is 0.222 e. The minimum atomic E-state index is -0.156. The number of aliphatic hydroxyl groups excluding tert-OH is 1. The van der Waals surface area contributed by atoms with Gasteiger partial charge in [0.05, 0.1) is 12.7 Å². The maximum Gasteiger partial charge on any atom is 0.222 e. The maximum atomic E-state index is 12.2. The first kappa shape index (κ1) is 15.8. The monoisotopic (exact) mass is 291 g/mol.